The van der Waals surface area contributed by atoms with E-state index in [-0.39, 0.29) is 5.91 Å². The second kappa shape index (κ2) is 6.80. The van der Waals surface area contributed by atoms with Crippen molar-refractivity contribution in [3.05, 3.63) is 60.3 Å². The first-order valence-electron chi connectivity index (χ1n) is 9.93. The van der Waals surface area contributed by atoms with Crippen LogP contribution in [0.25, 0.3) is 10.9 Å². The zero-order valence-electron chi connectivity index (χ0n) is 15.4. The van der Waals surface area contributed by atoms with E-state index in [2.05, 4.69) is 20.7 Å². The number of carbonyl (C=O) groups excluding carboxylic acids is 1. The predicted octanol–water partition coefficient (Wildman–Crippen LogP) is 3.86. The third-order valence-corrected chi connectivity index (χ3v) is 5.82. The van der Waals surface area contributed by atoms with Gasteiger partial charge in [0, 0.05) is 55.1 Å². The van der Waals surface area contributed by atoms with Gasteiger partial charge < -0.3 is 9.47 Å². The molecule has 2 fully saturated rings. The Morgan fingerprint density at radius 3 is 2.93 bits per heavy atom. The molecule has 1 saturated heterocycles. The molecule has 1 amide bonds. The number of rotatable bonds is 4. The van der Waals surface area contributed by atoms with E-state index in [4.69, 9.17) is 0 Å². The molecule has 1 aliphatic heterocycles. The van der Waals surface area contributed by atoms with Crippen LogP contribution in [0.1, 0.15) is 47.8 Å². The molecular weight excluding hydrogens is 336 g/mol. The number of aromatic nitrogens is 3. The molecule has 3 heterocycles. The molecule has 0 radical (unpaired) electrons. The largest absolute Gasteiger partial charge is 0.338 e. The Hall–Kier alpha value is -2.69. The van der Waals surface area contributed by atoms with Gasteiger partial charge in [0.25, 0.3) is 5.91 Å². The summed E-state index contributed by atoms with van der Waals surface area (Å²) in [6, 6.07) is 9.71. The van der Waals surface area contributed by atoms with Crippen molar-refractivity contribution in [2.24, 2.45) is 5.92 Å². The van der Waals surface area contributed by atoms with Crippen LogP contribution in [0.3, 0.4) is 0 Å². The van der Waals surface area contributed by atoms with E-state index in [0.717, 1.165) is 60.7 Å². The number of hydrogen-bond donors (Lipinski definition) is 0. The van der Waals surface area contributed by atoms with Gasteiger partial charge in [-0.2, -0.15) is 0 Å². The van der Waals surface area contributed by atoms with E-state index in [0.29, 0.717) is 5.92 Å². The Labute approximate surface area is 159 Å². The number of piperidine rings is 1. The van der Waals surface area contributed by atoms with Gasteiger partial charge in [-0.1, -0.05) is 6.07 Å². The van der Waals surface area contributed by atoms with Crippen molar-refractivity contribution in [1.29, 1.82) is 0 Å². The minimum Gasteiger partial charge on any atom is -0.338 e. The zero-order valence-corrected chi connectivity index (χ0v) is 15.4. The maximum atomic E-state index is 13.1. The van der Waals surface area contributed by atoms with Crippen molar-refractivity contribution in [3.63, 3.8) is 0 Å². The fraction of sp³-hybridized carbons (Fsp3) is 0.409. The summed E-state index contributed by atoms with van der Waals surface area (Å²) in [5.74, 6) is 2.43. The average molecular weight is 360 g/mol. The average Bonchev–Trinajstić information content (AvgIpc) is 3.42. The fourth-order valence-electron chi connectivity index (χ4n) is 4.18. The molecule has 138 valence electrons. The first-order valence-corrected chi connectivity index (χ1v) is 9.93. The molecule has 2 aliphatic rings. The summed E-state index contributed by atoms with van der Waals surface area (Å²) in [5, 5.41) is 1.01. The number of imidazole rings is 1. The van der Waals surface area contributed by atoms with Crippen LogP contribution >= 0.6 is 0 Å². The highest BCUT2D eigenvalue weighted by molar-refractivity contribution is 5.98. The highest BCUT2D eigenvalue weighted by atomic mass is 16.2. The van der Waals surface area contributed by atoms with Gasteiger partial charge in [-0.3, -0.25) is 9.78 Å². The van der Waals surface area contributed by atoms with Gasteiger partial charge in [0.1, 0.15) is 5.82 Å². The second-order valence-electron chi connectivity index (χ2n) is 7.88. The van der Waals surface area contributed by atoms with Crippen LogP contribution in [-0.2, 0) is 6.54 Å². The maximum Gasteiger partial charge on any atom is 0.253 e. The summed E-state index contributed by atoms with van der Waals surface area (Å²) in [6.45, 7) is 2.66. The van der Waals surface area contributed by atoms with Crippen LogP contribution in [0.4, 0.5) is 0 Å². The van der Waals surface area contributed by atoms with Gasteiger partial charge in [-0.05, 0) is 55.9 Å². The van der Waals surface area contributed by atoms with Crippen molar-refractivity contribution >= 4 is 16.8 Å². The molecule has 0 bridgehead atoms. The highest BCUT2D eigenvalue weighted by Gasteiger charge is 2.29. The molecule has 27 heavy (non-hydrogen) atoms. The number of fused-ring (bicyclic) bond motifs is 1. The third kappa shape index (κ3) is 3.34. The highest BCUT2D eigenvalue weighted by Crippen LogP contribution is 2.33. The number of likely N-dealkylation sites (tertiary alicyclic amines) is 1. The molecular formula is C22H24N4O. The van der Waals surface area contributed by atoms with Crippen LogP contribution in [0, 0.1) is 5.92 Å². The molecule has 3 aromatic rings. The van der Waals surface area contributed by atoms with Crippen LogP contribution in [0.15, 0.2) is 48.9 Å². The van der Waals surface area contributed by atoms with E-state index in [1.165, 1.54) is 12.8 Å². The minimum atomic E-state index is 0.116. The Morgan fingerprint density at radius 2 is 2.04 bits per heavy atom. The van der Waals surface area contributed by atoms with Crippen molar-refractivity contribution in [2.75, 3.05) is 13.1 Å². The molecule has 5 rings (SSSR count). The van der Waals surface area contributed by atoms with Crippen LogP contribution < -0.4 is 0 Å². The second-order valence-corrected chi connectivity index (χ2v) is 7.88. The molecule has 1 saturated carbocycles. The lowest BCUT2D eigenvalue weighted by molar-refractivity contribution is 0.0703. The predicted molar refractivity (Wildman–Crippen MR) is 105 cm³/mol. The summed E-state index contributed by atoms with van der Waals surface area (Å²) in [7, 11) is 0. The van der Waals surface area contributed by atoms with Gasteiger partial charge >= 0.3 is 0 Å². The normalized spacial score (nSPS) is 20.1. The van der Waals surface area contributed by atoms with Gasteiger partial charge in [0.2, 0.25) is 0 Å². The fourth-order valence-corrected chi connectivity index (χ4v) is 4.18. The van der Waals surface area contributed by atoms with Crippen molar-refractivity contribution in [1.82, 2.24) is 19.4 Å². The molecule has 1 atom stereocenters. The molecule has 5 heteroatoms. The summed E-state index contributed by atoms with van der Waals surface area (Å²) in [6.07, 6.45) is 10.6. The first kappa shape index (κ1) is 16.5. The van der Waals surface area contributed by atoms with Crippen LogP contribution in [0.2, 0.25) is 0 Å². The van der Waals surface area contributed by atoms with Crippen molar-refractivity contribution < 1.29 is 4.79 Å². The molecule has 0 N–H and O–H groups in total. The number of carbonyl (C=O) groups is 1. The molecule has 0 unspecified atom stereocenters. The lowest BCUT2D eigenvalue weighted by Crippen LogP contribution is -2.39. The smallest absolute Gasteiger partial charge is 0.253 e. The standard InChI is InChI=1S/C22H24N4O/c27-22(18-7-8-20-17(13-18)3-1-9-23-20)26-11-2-4-19(15-26)21-24-10-12-25(21)14-16-5-6-16/h1,3,7-10,12-13,16,19H,2,4-6,11,14-15H2/t19-/m1/s1. The summed E-state index contributed by atoms with van der Waals surface area (Å²) < 4.78 is 2.32. The van der Waals surface area contributed by atoms with E-state index in [1.807, 2.05) is 41.4 Å². The number of hydrogen-bond acceptors (Lipinski definition) is 3. The number of amides is 1. The molecule has 5 nitrogen and oxygen atoms in total. The summed E-state index contributed by atoms with van der Waals surface area (Å²) in [5.41, 5.74) is 1.67. The van der Waals surface area contributed by atoms with Crippen LogP contribution in [0.5, 0.6) is 0 Å². The lowest BCUT2D eigenvalue weighted by Gasteiger charge is -2.33. The number of pyridine rings is 1. The molecule has 1 aliphatic carbocycles. The minimum absolute atomic E-state index is 0.116. The molecule has 0 spiro atoms. The van der Waals surface area contributed by atoms with E-state index < -0.39 is 0 Å². The third-order valence-electron chi connectivity index (χ3n) is 5.82. The molecule has 2 aromatic heterocycles. The van der Waals surface area contributed by atoms with Gasteiger partial charge in [0.15, 0.2) is 0 Å². The number of benzene rings is 1. The SMILES string of the molecule is O=C(c1ccc2ncccc2c1)N1CCC[C@@H](c2nccn2CC2CC2)C1. The first-order chi connectivity index (χ1) is 13.3. The zero-order chi connectivity index (χ0) is 18.2. The Kier molecular flexibility index (Phi) is 4.15. The van der Waals surface area contributed by atoms with Crippen LogP contribution in [-0.4, -0.2) is 38.4 Å². The van der Waals surface area contributed by atoms with E-state index >= 15 is 0 Å². The maximum absolute atomic E-state index is 13.1. The Balaban J connectivity index is 1.35. The molecule has 1 aromatic carbocycles. The van der Waals surface area contributed by atoms with Crippen molar-refractivity contribution in [3.8, 4) is 0 Å². The monoisotopic (exact) mass is 360 g/mol. The quantitative estimate of drug-likeness (QED) is 0.710. The number of nitrogens with zero attached hydrogens (tertiary/aromatic N) is 4. The topological polar surface area (TPSA) is 51.0 Å². The summed E-state index contributed by atoms with van der Waals surface area (Å²) in [4.78, 5) is 24.1. The van der Waals surface area contributed by atoms with Crippen molar-refractivity contribution in [2.45, 2.75) is 38.1 Å². The van der Waals surface area contributed by atoms with Gasteiger partial charge in [-0.15, -0.1) is 0 Å². The van der Waals surface area contributed by atoms with Gasteiger partial charge in [-0.25, -0.2) is 4.98 Å². The Morgan fingerprint density at radius 1 is 1.11 bits per heavy atom. The van der Waals surface area contributed by atoms with Gasteiger partial charge in [0.05, 0.1) is 5.52 Å². The summed E-state index contributed by atoms with van der Waals surface area (Å²) >= 11 is 0. The Bertz CT molecular complexity index is 975. The van der Waals surface area contributed by atoms with E-state index in [9.17, 15) is 4.79 Å². The van der Waals surface area contributed by atoms with E-state index in [1.54, 1.807) is 6.20 Å². The lowest BCUT2D eigenvalue weighted by atomic mass is 9.96.